The minimum Gasteiger partial charge on any atom is -0.309 e. The first-order chi connectivity index (χ1) is 8.71. The van der Waals surface area contributed by atoms with Crippen molar-refractivity contribution in [3.05, 3.63) is 33.8 Å². The molecule has 0 unspecified atom stereocenters. The fraction of sp³-hybridized carbons (Fsp3) is 0.600. The molecule has 0 radical (unpaired) electrons. The molecular formula is C15H22Cl2N2. The summed E-state index contributed by atoms with van der Waals surface area (Å²) in [7, 11) is 0. The summed E-state index contributed by atoms with van der Waals surface area (Å²) in [6.45, 7) is 11.7. The lowest BCUT2D eigenvalue weighted by atomic mass is 9.91. The highest BCUT2D eigenvalue weighted by molar-refractivity contribution is 6.35. The number of hydrogen-bond donors (Lipinski definition) is 1. The van der Waals surface area contributed by atoms with Crippen LogP contribution in [0.5, 0.6) is 0 Å². The van der Waals surface area contributed by atoms with Gasteiger partial charge in [0.25, 0.3) is 0 Å². The van der Waals surface area contributed by atoms with Crippen molar-refractivity contribution >= 4 is 23.2 Å². The summed E-state index contributed by atoms with van der Waals surface area (Å²) < 4.78 is 0. The molecular weight excluding hydrogens is 279 g/mol. The van der Waals surface area contributed by atoms with Gasteiger partial charge in [-0.3, -0.25) is 4.90 Å². The van der Waals surface area contributed by atoms with Crippen LogP contribution < -0.4 is 5.32 Å². The highest BCUT2D eigenvalue weighted by Crippen LogP contribution is 2.31. The smallest absolute Gasteiger partial charge is 0.0465 e. The Bertz CT molecular complexity index is 449. The molecule has 0 bridgehead atoms. The van der Waals surface area contributed by atoms with Crippen molar-refractivity contribution in [1.82, 2.24) is 10.2 Å². The van der Waals surface area contributed by atoms with Crippen molar-refractivity contribution in [1.29, 1.82) is 0 Å². The molecule has 0 saturated carbocycles. The first kappa shape index (κ1) is 15.1. The van der Waals surface area contributed by atoms with Crippen molar-refractivity contribution in [2.75, 3.05) is 13.1 Å². The third-order valence-electron chi connectivity index (χ3n) is 3.85. The highest BCUT2D eigenvalue weighted by atomic mass is 35.5. The molecule has 2 nitrogen and oxygen atoms in total. The average Bonchev–Trinajstić information content (AvgIpc) is 2.29. The van der Waals surface area contributed by atoms with Crippen molar-refractivity contribution in [3.8, 4) is 0 Å². The number of nitrogens with zero attached hydrogens (tertiary/aromatic N) is 1. The first-order valence-corrected chi connectivity index (χ1v) is 7.40. The van der Waals surface area contributed by atoms with E-state index < -0.39 is 0 Å². The van der Waals surface area contributed by atoms with Crippen LogP contribution in [-0.4, -0.2) is 29.1 Å². The molecule has 1 N–H and O–H groups in total. The van der Waals surface area contributed by atoms with Crippen LogP contribution in [0.4, 0.5) is 0 Å². The molecule has 1 aliphatic heterocycles. The quantitative estimate of drug-likeness (QED) is 0.889. The lowest BCUT2D eigenvalue weighted by molar-refractivity contribution is 0.0324. The Kier molecular flexibility index (Phi) is 4.18. The van der Waals surface area contributed by atoms with E-state index in [0.717, 1.165) is 35.2 Å². The van der Waals surface area contributed by atoms with Gasteiger partial charge in [-0.2, -0.15) is 0 Å². The maximum Gasteiger partial charge on any atom is 0.0465 e. The van der Waals surface area contributed by atoms with E-state index in [-0.39, 0.29) is 11.1 Å². The van der Waals surface area contributed by atoms with E-state index in [0.29, 0.717) is 0 Å². The Morgan fingerprint density at radius 2 is 1.74 bits per heavy atom. The fourth-order valence-electron chi connectivity index (χ4n) is 2.46. The second-order valence-electron chi connectivity index (χ2n) is 6.61. The van der Waals surface area contributed by atoms with Gasteiger partial charge in [0.2, 0.25) is 0 Å². The van der Waals surface area contributed by atoms with Gasteiger partial charge < -0.3 is 5.32 Å². The molecule has 19 heavy (non-hydrogen) atoms. The van der Waals surface area contributed by atoms with Crippen LogP contribution in [0.25, 0.3) is 0 Å². The zero-order valence-electron chi connectivity index (χ0n) is 12.1. The Hall–Kier alpha value is -0.280. The minimum absolute atomic E-state index is 0.0953. The summed E-state index contributed by atoms with van der Waals surface area (Å²) in [5.74, 6) is 0. The molecule has 0 aromatic heterocycles. The molecule has 1 fully saturated rings. The van der Waals surface area contributed by atoms with Gasteiger partial charge in [-0.25, -0.2) is 0 Å². The second-order valence-corrected chi connectivity index (χ2v) is 7.42. The van der Waals surface area contributed by atoms with Crippen LogP contribution in [-0.2, 0) is 6.54 Å². The van der Waals surface area contributed by atoms with E-state index >= 15 is 0 Å². The Morgan fingerprint density at radius 1 is 1.16 bits per heavy atom. The zero-order chi connectivity index (χ0) is 14.3. The standard InChI is InChI=1S/C15H22Cl2N2/c1-14(2)10-19(15(3,4)9-18-14)8-11-12(16)6-5-7-13(11)17/h5-7,18H,8-10H2,1-4H3. The minimum atomic E-state index is 0.0953. The van der Waals surface area contributed by atoms with Crippen LogP contribution >= 0.6 is 23.2 Å². The lowest BCUT2D eigenvalue weighted by Crippen LogP contribution is -2.65. The molecule has 1 aromatic carbocycles. The maximum absolute atomic E-state index is 6.29. The molecule has 0 atom stereocenters. The second kappa shape index (κ2) is 5.25. The topological polar surface area (TPSA) is 15.3 Å². The van der Waals surface area contributed by atoms with Crippen LogP contribution in [0.15, 0.2) is 18.2 Å². The maximum atomic E-state index is 6.29. The largest absolute Gasteiger partial charge is 0.309 e. The summed E-state index contributed by atoms with van der Waals surface area (Å²) in [4.78, 5) is 2.45. The van der Waals surface area contributed by atoms with Crippen LogP contribution in [0, 0.1) is 0 Å². The fourth-order valence-corrected chi connectivity index (χ4v) is 2.98. The molecule has 2 rings (SSSR count). The van der Waals surface area contributed by atoms with Gasteiger partial charge in [-0.15, -0.1) is 0 Å². The Morgan fingerprint density at radius 3 is 2.32 bits per heavy atom. The van der Waals surface area contributed by atoms with E-state index in [2.05, 4.69) is 37.9 Å². The third kappa shape index (κ3) is 3.43. The summed E-state index contributed by atoms with van der Waals surface area (Å²) in [6, 6.07) is 5.70. The number of piperazine rings is 1. The predicted molar refractivity (Wildman–Crippen MR) is 83.0 cm³/mol. The lowest BCUT2D eigenvalue weighted by Gasteiger charge is -2.49. The van der Waals surface area contributed by atoms with Crippen molar-refractivity contribution < 1.29 is 0 Å². The van der Waals surface area contributed by atoms with Gasteiger partial charge in [0.1, 0.15) is 0 Å². The molecule has 0 amide bonds. The number of nitrogens with one attached hydrogen (secondary N) is 1. The number of rotatable bonds is 2. The van der Waals surface area contributed by atoms with E-state index in [1.165, 1.54) is 0 Å². The summed E-state index contributed by atoms with van der Waals surface area (Å²) in [6.07, 6.45) is 0. The highest BCUT2D eigenvalue weighted by Gasteiger charge is 2.37. The zero-order valence-corrected chi connectivity index (χ0v) is 13.6. The summed E-state index contributed by atoms with van der Waals surface area (Å²) in [5.41, 5.74) is 1.23. The molecule has 0 aliphatic carbocycles. The van der Waals surface area contributed by atoms with Gasteiger partial charge in [0, 0.05) is 46.3 Å². The predicted octanol–water partition coefficient (Wildman–Crippen LogP) is 3.96. The molecule has 0 spiro atoms. The number of hydrogen-bond acceptors (Lipinski definition) is 2. The molecule has 1 saturated heterocycles. The summed E-state index contributed by atoms with van der Waals surface area (Å²) in [5, 5.41) is 5.09. The van der Waals surface area contributed by atoms with Gasteiger partial charge in [0.05, 0.1) is 0 Å². The van der Waals surface area contributed by atoms with Gasteiger partial charge in [-0.1, -0.05) is 29.3 Å². The van der Waals surface area contributed by atoms with Crippen molar-refractivity contribution in [2.45, 2.75) is 45.3 Å². The summed E-state index contributed by atoms with van der Waals surface area (Å²) >= 11 is 12.6. The van der Waals surface area contributed by atoms with Gasteiger partial charge >= 0.3 is 0 Å². The van der Waals surface area contributed by atoms with E-state index in [1.54, 1.807) is 0 Å². The van der Waals surface area contributed by atoms with E-state index in [9.17, 15) is 0 Å². The van der Waals surface area contributed by atoms with Crippen LogP contribution in [0.2, 0.25) is 10.0 Å². The Labute approximate surface area is 126 Å². The first-order valence-electron chi connectivity index (χ1n) is 6.64. The van der Waals surface area contributed by atoms with Gasteiger partial charge in [-0.05, 0) is 39.8 Å². The third-order valence-corrected chi connectivity index (χ3v) is 4.56. The normalized spacial score (nSPS) is 22.4. The number of benzene rings is 1. The molecule has 1 aliphatic rings. The van der Waals surface area contributed by atoms with E-state index in [4.69, 9.17) is 23.2 Å². The average molecular weight is 301 g/mol. The Balaban J connectivity index is 2.25. The monoisotopic (exact) mass is 300 g/mol. The van der Waals surface area contributed by atoms with Crippen molar-refractivity contribution in [2.24, 2.45) is 0 Å². The van der Waals surface area contributed by atoms with Crippen molar-refractivity contribution in [3.63, 3.8) is 0 Å². The van der Waals surface area contributed by atoms with E-state index in [1.807, 2.05) is 18.2 Å². The SMILES string of the molecule is CC1(C)CN(Cc2c(Cl)cccc2Cl)C(C)(C)CN1. The van der Waals surface area contributed by atoms with Crippen LogP contribution in [0.1, 0.15) is 33.3 Å². The van der Waals surface area contributed by atoms with Crippen LogP contribution in [0.3, 0.4) is 0 Å². The molecule has 1 heterocycles. The van der Waals surface area contributed by atoms with Gasteiger partial charge in [0.15, 0.2) is 0 Å². The molecule has 106 valence electrons. The molecule has 1 aromatic rings. The molecule has 4 heteroatoms. The number of halogens is 2.